The Morgan fingerprint density at radius 3 is 2.86 bits per heavy atom. The fraction of sp³-hybridized carbons (Fsp3) is 0.412. The van der Waals surface area contributed by atoms with E-state index in [1.54, 1.807) is 0 Å². The highest BCUT2D eigenvalue weighted by Gasteiger charge is 2.28. The molecule has 0 saturated carbocycles. The lowest BCUT2D eigenvalue weighted by Gasteiger charge is -2.26. The summed E-state index contributed by atoms with van der Waals surface area (Å²) < 4.78 is 0. The number of rotatable bonds is 3. The summed E-state index contributed by atoms with van der Waals surface area (Å²) in [5, 5.41) is 0. The van der Waals surface area contributed by atoms with E-state index >= 15 is 0 Å². The molecule has 4 nitrogen and oxygen atoms in total. The van der Waals surface area contributed by atoms with Crippen LogP contribution in [0.4, 0.5) is 11.6 Å². The van der Waals surface area contributed by atoms with Crippen LogP contribution in [-0.4, -0.2) is 30.6 Å². The van der Waals surface area contributed by atoms with Crippen molar-refractivity contribution in [2.75, 3.05) is 30.4 Å². The summed E-state index contributed by atoms with van der Waals surface area (Å²) >= 11 is 0. The van der Waals surface area contributed by atoms with Gasteiger partial charge >= 0.3 is 0 Å². The number of anilines is 2. The second-order valence-corrected chi connectivity index (χ2v) is 5.84. The molecule has 0 aliphatic carbocycles. The fourth-order valence-electron chi connectivity index (χ4n) is 2.94. The van der Waals surface area contributed by atoms with Crippen molar-refractivity contribution in [1.82, 2.24) is 9.97 Å². The minimum atomic E-state index is 0.381. The van der Waals surface area contributed by atoms with E-state index < -0.39 is 0 Å². The van der Waals surface area contributed by atoms with Gasteiger partial charge in [-0.3, -0.25) is 0 Å². The third-order valence-electron chi connectivity index (χ3n) is 4.06. The van der Waals surface area contributed by atoms with Crippen molar-refractivity contribution in [3.05, 3.63) is 47.8 Å². The minimum absolute atomic E-state index is 0.381. The lowest BCUT2D eigenvalue weighted by Crippen LogP contribution is -2.25. The standard InChI is InChI=1S/C17H22N4/c1-13-9-10-18-17(19-13)21-11-5-8-16(21)14-6-4-7-15(12-14)20(2)3/h4,6-7,9-10,12,16H,5,8,11H2,1-3H3. The van der Waals surface area contributed by atoms with Crippen molar-refractivity contribution in [2.45, 2.75) is 25.8 Å². The van der Waals surface area contributed by atoms with E-state index in [9.17, 15) is 0 Å². The second kappa shape index (κ2) is 5.72. The summed E-state index contributed by atoms with van der Waals surface area (Å²) in [6.07, 6.45) is 4.20. The summed E-state index contributed by atoms with van der Waals surface area (Å²) in [7, 11) is 4.16. The third-order valence-corrected chi connectivity index (χ3v) is 4.06. The van der Waals surface area contributed by atoms with Gasteiger partial charge in [0.1, 0.15) is 0 Å². The highest BCUT2D eigenvalue weighted by molar-refractivity contribution is 5.50. The summed E-state index contributed by atoms with van der Waals surface area (Å²) in [6, 6.07) is 11.1. The first-order chi connectivity index (χ1) is 10.1. The average molecular weight is 282 g/mol. The van der Waals surface area contributed by atoms with Gasteiger partial charge in [-0.25, -0.2) is 9.97 Å². The van der Waals surface area contributed by atoms with Gasteiger partial charge in [0.2, 0.25) is 5.95 Å². The Kier molecular flexibility index (Phi) is 3.78. The molecule has 0 bridgehead atoms. The van der Waals surface area contributed by atoms with Gasteiger partial charge in [-0.1, -0.05) is 12.1 Å². The molecule has 1 aromatic carbocycles. The molecule has 0 amide bonds. The molecule has 1 unspecified atom stereocenters. The van der Waals surface area contributed by atoms with Gasteiger partial charge in [0, 0.05) is 38.2 Å². The quantitative estimate of drug-likeness (QED) is 0.865. The summed E-state index contributed by atoms with van der Waals surface area (Å²) in [6.45, 7) is 3.04. The van der Waals surface area contributed by atoms with Gasteiger partial charge in [-0.15, -0.1) is 0 Å². The van der Waals surface area contributed by atoms with Crippen LogP contribution in [0.5, 0.6) is 0 Å². The van der Waals surface area contributed by atoms with Crippen LogP contribution >= 0.6 is 0 Å². The number of hydrogen-bond acceptors (Lipinski definition) is 4. The molecule has 1 aromatic heterocycles. The number of aryl methyl sites for hydroxylation is 1. The van der Waals surface area contributed by atoms with Crippen molar-refractivity contribution >= 4 is 11.6 Å². The number of nitrogens with zero attached hydrogens (tertiary/aromatic N) is 4. The summed E-state index contributed by atoms with van der Waals surface area (Å²) in [4.78, 5) is 13.5. The van der Waals surface area contributed by atoms with E-state index in [0.717, 1.165) is 24.6 Å². The van der Waals surface area contributed by atoms with Crippen LogP contribution in [0.15, 0.2) is 36.5 Å². The molecule has 21 heavy (non-hydrogen) atoms. The molecule has 110 valence electrons. The Morgan fingerprint density at radius 1 is 1.24 bits per heavy atom. The molecular weight excluding hydrogens is 260 g/mol. The second-order valence-electron chi connectivity index (χ2n) is 5.84. The molecule has 4 heteroatoms. The van der Waals surface area contributed by atoms with E-state index in [0.29, 0.717) is 6.04 Å². The highest BCUT2D eigenvalue weighted by atomic mass is 15.3. The van der Waals surface area contributed by atoms with E-state index in [1.165, 1.54) is 17.7 Å². The van der Waals surface area contributed by atoms with E-state index in [-0.39, 0.29) is 0 Å². The maximum Gasteiger partial charge on any atom is 0.226 e. The maximum absolute atomic E-state index is 4.59. The van der Waals surface area contributed by atoms with Crippen molar-refractivity contribution in [3.8, 4) is 0 Å². The first kappa shape index (κ1) is 13.9. The SMILES string of the molecule is Cc1ccnc(N2CCCC2c2cccc(N(C)C)c2)n1. The zero-order valence-corrected chi connectivity index (χ0v) is 13.0. The van der Waals surface area contributed by atoms with Crippen LogP contribution in [0.3, 0.4) is 0 Å². The smallest absolute Gasteiger partial charge is 0.226 e. The number of aromatic nitrogens is 2. The highest BCUT2D eigenvalue weighted by Crippen LogP contribution is 2.35. The van der Waals surface area contributed by atoms with Crippen LogP contribution in [0.2, 0.25) is 0 Å². The largest absolute Gasteiger partial charge is 0.378 e. The van der Waals surface area contributed by atoms with Gasteiger partial charge in [-0.2, -0.15) is 0 Å². The van der Waals surface area contributed by atoms with E-state index in [4.69, 9.17) is 0 Å². The van der Waals surface area contributed by atoms with Gasteiger partial charge in [0.25, 0.3) is 0 Å². The molecule has 0 spiro atoms. The van der Waals surface area contributed by atoms with Crippen LogP contribution < -0.4 is 9.80 Å². The number of benzene rings is 1. The lowest BCUT2D eigenvalue weighted by molar-refractivity contribution is 0.700. The Labute approximate surface area is 126 Å². The van der Waals surface area contributed by atoms with Crippen molar-refractivity contribution in [2.24, 2.45) is 0 Å². The molecule has 1 aliphatic rings. The van der Waals surface area contributed by atoms with Gasteiger partial charge in [0.15, 0.2) is 0 Å². The molecule has 3 rings (SSSR count). The van der Waals surface area contributed by atoms with E-state index in [1.807, 2.05) is 19.2 Å². The Bertz CT molecular complexity index is 624. The minimum Gasteiger partial charge on any atom is -0.378 e. The monoisotopic (exact) mass is 282 g/mol. The van der Waals surface area contributed by atoms with Crippen LogP contribution in [0, 0.1) is 6.92 Å². The zero-order chi connectivity index (χ0) is 14.8. The molecule has 2 aromatic rings. The van der Waals surface area contributed by atoms with Crippen molar-refractivity contribution < 1.29 is 0 Å². The molecule has 1 saturated heterocycles. The van der Waals surface area contributed by atoms with Crippen LogP contribution in [-0.2, 0) is 0 Å². The molecule has 0 N–H and O–H groups in total. The maximum atomic E-state index is 4.59. The first-order valence-corrected chi connectivity index (χ1v) is 7.49. The normalized spacial score (nSPS) is 18.0. The van der Waals surface area contributed by atoms with Gasteiger partial charge in [0.05, 0.1) is 6.04 Å². The fourth-order valence-corrected chi connectivity index (χ4v) is 2.94. The van der Waals surface area contributed by atoms with Crippen molar-refractivity contribution in [3.63, 3.8) is 0 Å². The van der Waals surface area contributed by atoms with Crippen LogP contribution in [0.1, 0.15) is 30.1 Å². The first-order valence-electron chi connectivity index (χ1n) is 7.49. The van der Waals surface area contributed by atoms with Gasteiger partial charge in [-0.05, 0) is 43.5 Å². The van der Waals surface area contributed by atoms with Crippen LogP contribution in [0.25, 0.3) is 0 Å². The van der Waals surface area contributed by atoms with E-state index in [2.05, 4.69) is 58.1 Å². The third kappa shape index (κ3) is 2.84. The number of hydrogen-bond donors (Lipinski definition) is 0. The molecule has 1 atom stereocenters. The molecule has 0 radical (unpaired) electrons. The zero-order valence-electron chi connectivity index (χ0n) is 13.0. The topological polar surface area (TPSA) is 32.3 Å². The molecule has 2 heterocycles. The Hall–Kier alpha value is -2.10. The van der Waals surface area contributed by atoms with Crippen molar-refractivity contribution in [1.29, 1.82) is 0 Å². The Morgan fingerprint density at radius 2 is 2.10 bits per heavy atom. The summed E-state index contributed by atoms with van der Waals surface area (Å²) in [5.41, 5.74) is 3.61. The molecule has 1 fully saturated rings. The Balaban J connectivity index is 1.92. The molecule has 1 aliphatic heterocycles. The van der Waals surface area contributed by atoms with Gasteiger partial charge < -0.3 is 9.80 Å². The molecular formula is C17H22N4. The predicted molar refractivity (Wildman–Crippen MR) is 86.9 cm³/mol. The predicted octanol–water partition coefficient (Wildman–Crippen LogP) is 3.19. The summed E-state index contributed by atoms with van der Waals surface area (Å²) in [5.74, 6) is 0.854. The lowest BCUT2D eigenvalue weighted by atomic mass is 10.0. The average Bonchev–Trinajstić information content (AvgIpc) is 2.97.